The molecule has 0 radical (unpaired) electrons. The number of rotatable bonds is 7. The van der Waals surface area contributed by atoms with Gasteiger partial charge in [0, 0.05) is 18.1 Å². The van der Waals surface area contributed by atoms with Crippen LogP contribution in [0.4, 0.5) is 0 Å². The van der Waals surface area contributed by atoms with E-state index in [0.29, 0.717) is 18.1 Å². The van der Waals surface area contributed by atoms with E-state index in [-0.39, 0.29) is 11.4 Å². The summed E-state index contributed by atoms with van der Waals surface area (Å²) in [5.74, 6) is 0.808. The number of halogens is 1. The number of nitrogens with one attached hydrogen (secondary N) is 2. The van der Waals surface area contributed by atoms with Gasteiger partial charge >= 0.3 is 0 Å². The van der Waals surface area contributed by atoms with Crippen LogP contribution in [0.3, 0.4) is 0 Å². The summed E-state index contributed by atoms with van der Waals surface area (Å²) in [6.07, 6.45) is 1.60. The Morgan fingerprint density at radius 3 is 2.70 bits per heavy atom. The fourth-order valence-corrected chi connectivity index (χ4v) is 2.95. The van der Waals surface area contributed by atoms with Gasteiger partial charge in [-0.15, -0.1) is 0 Å². The molecule has 108 valence electrons. The van der Waals surface area contributed by atoms with E-state index in [1.165, 1.54) is 12.1 Å². The van der Waals surface area contributed by atoms with Crippen molar-refractivity contribution in [1.29, 1.82) is 0 Å². The zero-order valence-corrected chi connectivity index (χ0v) is 12.2. The highest BCUT2D eigenvalue weighted by molar-refractivity contribution is 7.89. The summed E-state index contributed by atoms with van der Waals surface area (Å²) in [7, 11) is -3.51. The summed E-state index contributed by atoms with van der Waals surface area (Å²) >= 11 is 5.78. The maximum absolute atomic E-state index is 12.0. The van der Waals surface area contributed by atoms with Gasteiger partial charge in [0.2, 0.25) is 10.0 Å². The highest BCUT2D eigenvalue weighted by Crippen LogP contribution is 2.14. The molecule has 20 heavy (non-hydrogen) atoms. The van der Waals surface area contributed by atoms with E-state index in [9.17, 15) is 8.42 Å². The molecule has 0 atom stereocenters. The maximum Gasteiger partial charge on any atom is 0.240 e. The van der Waals surface area contributed by atoms with Crippen molar-refractivity contribution in [1.82, 2.24) is 10.0 Å². The number of hydrogen-bond acceptors (Lipinski definition) is 4. The Labute approximate surface area is 123 Å². The summed E-state index contributed by atoms with van der Waals surface area (Å²) in [6.45, 7) is 1.35. The molecular weight excluding hydrogens is 300 g/mol. The third-order valence-electron chi connectivity index (χ3n) is 2.58. The second kappa shape index (κ2) is 6.90. The molecule has 2 aromatic rings. The van der Waals surface area contributed by atoms with Gasteiger partial charge < -0.3 is 9.73 Å². The van der Waals surface area contributed by atoms with Gasteiger partial charge in [0.15, 0.2) is 0 Å². The summed E-state index contributed by atoms with van der Waals surface area (Å²) in [6, 6.07) is 9.81. The van der Waals surface area contributed by atoms with Gasteiger partial charge in [-0.05, 0) is 30.3 Å². The first-order valence-electron chi connectivity index (χ1n) is 6.06. The lowest BCUT2D eigenvalue weighted by Crippen LogP contribution is -2.31. The van der Waals surface area contributed by atoms with Crippen LogP contribution in [0.15, 0.2) is 52.0 Å². The second-order valence-electron chi connectivity index (χ2n) is 4.11. The normalized spacial score (nSPS) is 11.7. The molecule has 0 unspecified atom stereocenters. The van der Waals surface area contributed by atoms with E-state index in [2.05, 4.69) is 10.0 Å². The predicted molar refractivity (Wildman–Crippen MR) is 77.1 cm³/mol. The first-order valence-corrected chi connectivity index (χ1v) is 7.92. The molecule has 1 aromatic heterocycles. The molecule has 7 heteroatoms. The zero-order valence-electron chi connectivity index (χ0n) is 10.7. The van der Waals surface area contributed by atoms with Gasteiger partial charge in [0.1, 0.15) is 5.76 Å². The Kier molecular flexibility index (Phi) is 5.19. The van der Waals surface area contributed by atoms with Crippen LogP contribution in [-0.2, 0) is 16.6 Å². The van der Waals surface area contributed by atoms with Crippen molar-refractivity contribution < 1.29 is 12.8 Å². The smallest absolute Gasteiger partial charge is 0.240 e. The largest absolute Gasteiger partial charge is 0.468 e. The fourth-order valence-electron chi connectivity index (χ4n) is 1.62. The van der Waals surface area contributed by atoms with Gasteiger partial charge in [0.05, 0.1) is 17.7 Å². The Bertz CT molecular complexity index is 641. The molecule has 1 aromatic carbocycles. The molecule has 0 spiro atoms. The summed E-state index contributed by atoms with van der Waals surface area (Å²) in [5, 5.41) is 3.47. The van der Waals surface area contributed by atoms with Gasteiger partial charge in [-0.2, -0.15) is 0 Å². The molecule has 1 heterocycles. The van der Waals surface area contributed by atoms with Crippen molar-refractivity contribution in [3.05, 3.63) is 53.4 Å². The van der Waals surface area contributed by atoms with Gasteiger partial charge in [-0.1, -0.05) is 17.7 Å². The third-order valence-corrected chi connectivity index (χ3v) is 4.27. The number of furan rings is 1. The molecular formula is C13H15ClN2O3S. The van der Waals surface area contributed by atoms with E-state index < -0.39 is 10.0 Å². The molecule has 0 aliphatic rings. The molecule has 0 saturated carbocycles. The van der Waals surface area contributed by atoms with Crippen LogP contribution in [0.1, 0.15) is 5.76 Å². The van der Waals surface area contributed by atoms with Crippen LogP contribution >= 0.6 is 11.6 Å². The molecule has 0 amide bonds. The SMILES string of the molecule is O=S(=O)(NCCNCc1ccco1)c1cccc(Cl)c1. The third kappa shape index (κ3) is 4.35. The molecule has 0 saturated heterocycles. The summed E-state index contributed by atoms with van der Waals surface area (Å²) in [5.41, 5.74) is 0. The standard InChI is InChI=1S/C13H15ClN2O3S/c14-11-3-1-5-13(9-11)20(17,18)16-7-6-15-10-12-4-2-8-19-12/h1-5,8-9,15-16H,6-7,10H2. The quantitative estimate of drug-likeness (QED) is 0.767. The van der Waals surface area contributed by atoms with Gasteiger partial charge in [-0.25, -0.2) is 13.1 Å². The van der Waals surface area contributed by atoms with Crippen LogP contribution < -0.4 is 10.0 Å². The Balaban J connectivity index is 1.78. The van der Waals surface area contributed by atoms with Crippen molar-refractivity contribution in [3.8, 4) is 0 Å². The van der Waals surface area contributed by atoms with Gasteiger partial charge in [-0.3, -0.25) is 0 Å². The minimum absolute atomic E-state index is 0.163. The average Bonchev–Trinajstić information content (AvgIpc) is 2.91. The molecule has 2 N–H and O–H groups in total. The minimum Gasteiger partial charge on any atom is -0.468 e. The predicted octanol–water partition coefficient (Wildman–Crippen LogP) is 2.00. The molecule has 0 bridgehead atoms. The maximum atomic E-state index is 12.0. The monoisotopic (exact) mass is 314 g/mol. The number of sulfonamides is 1. The van der Waals surface area contributed by atoms with Crippen molar-refractivity contribution in [2.75, 3.05) is 13.1 Å². The van der Waals surface area contributed by atoms with Crippen molar-refractivity contribution in [3.63, 3.8) is 0 Å². The molecule has 0 aliphatic heterocycles. The van der Waals surface area contributed by atoms with E-state index in [1.807, 2.05) is 6.07 Å². The van der Waals surface area contributed by atoms with Crippen molar-refractivity contribution in [2.24, 2.45) is 0 Å². The lowest BCUT2D eigenvalue weighted by Gasteiger charge is -2.07. The average molecular weight is 315 g/mol. The molecule has 0 aliphatic carbocycles. The lowest BCUT2D eigenvalue weighted by molar-refractivity contribution is 0.483. The zero-order chi connectivity index (χ0) is 14.4. The second-order valence-corrected chi connectivity index (χ2v) is 6.31. The topological polar surface area (TPSA) is 71.3 Å². The number of benzene rings is 1. The van der Waals surface area contributed by atoms with E-state index in [4.69, 9.17) is 16.0 Å². The van der Waals surface area contributed by atoms with Crippen LogP contribution in [-0.4, -0.2) is 21.5 Å². The van der Waals surface area contributed by atoms with E-state index >= 15 is 0 Å². The summed E-state index contributed by atoms with van der Waals surface area (Å²) < 4.78 is 31.6. The lowest BCUT2D eigenvalue weighted by atomic mass is 10.4. The fraction of sp³-hybridized carbons (Fsp3) is 0.231. The molecule has 5 nitrogen and oxygen atoms in total. The highest BCUT2D eigenvalue weighted by atomic mass is 35.5. The first kappa shape index (κ1) is 15.1. The first-order chi connectivity index (χ1) is 9.58. The van der Waals surface area contributed by atoms with Crippen LogP contribution in [0, 0.1) is 0 Å². The van der Waals surface area contributed by atoms with E-state index in [1.54, 1.807) is 24.5 Å². The Morgan fingerprint density at radius 2 is 2.00 bits per heavy atom. The summed E-state index contributed by atoms with van der Waals surface area (Å²) in [4.78, 5) is 0.163. The van der Waals surface area contributed by atoms with E-state index in [0.717, 1.165) is 5.76 Å². The molecule has 2 rings (SSSR count). The van der Waals surface area contributed by atoms with Crippen molar-refractivity contribution >= 4 is 21.6 Å². The number of hydrogen-bond donors (Lipinski definition) is 2. The minimum atomic E-state index is -3.51. The molecule has 0 fully saturated rings. The Hall–Kier alpha value is -1.34. The van der Waals surface area contributed by atoms with Gasteiger partial charge in [0.25, 0.3) is 0 Å². The van der Waals surface area contributed by atoms with Crippen LogP contribution in [0.2, 0.25) is 5.02 Å². The van der Waals surface area contributed by atoms with Crippen molar-refractivity contribution in [2.45, 2.75) is 11.4 Å². The van der Waals surface area contributed by atoms with Crippen LogP contribution in [0.25, 0.3) is 0 Å². The Morgan fingerprint density at radius 1 is 1.15 bits per heavy atom. The van der Waals surface area contributed by atoms with Crippen LogP contribution in [0.5, 0.6) is 0 Å². The highest BCUT2D eigenvalue weighted by Gasteiger charge is 2.13.